The topological polar surface area (TPSA) is 66.6 Å². The molecule has 1 unspecified atom stereocenters. The molecule has 5 nitrogen and oxygen atoms in total. The smallest absolute Gasteiger partial charge is 0.254 e. The first kappa shape index (κ1) is 17.0. The molecule has 1 atom stereocenters. The lowest BCUT2D eigenvalue weighted by molar-refractivity contribution is 0.0642. The summed E-state index contributed by atoms with van der Waals surface area (Å²) in [7, 11) is 1.75. The summed E-state index contributed by atoms with van der Waals surface area (Å²) in [5.74, 6) is 1.71. The first-order valence-electron chi connectivity index (χ1n) is 8.12. The van der Waals surface area contributed by atoms with Gasteiger partial charge in [0.1, 0.15) is 5.76 Å². The van der Waals surface area contributed by atoms with E-state index in [0.29, 0.717) is 23.8 Å². The van der Waals surface area contributed by atoms with Crippen LogP contribution in [0.4, 0.5) is 0 Å². The van der Waals surface area contributed by atoms with Gasteiger partial charge in [-0.1, -0.05) is 17.3 Å². The van der Waals surface area contributed by atoms with Gasteiger partial charge in [-0.25, -0.2) is 0 Å². The Morgan fingerprint density at radius 2 is 2.21 bits per heavy atom. The third-order valence-electron chi connectivity index (χ3n) is 4.14. The van der Waals surface area contributed by atoms with Crippen molar-refractivity contribution in [3.63, 3.8) is 0 Å². The number of aryl methyl sites for hydroxylation is 1. The number of likely N-dealkylation sites (N-methyl/N-ethyl adjacent to an activating group) is 1. The van der Waals surface area contributed by atoms with E-state index in [1.165, 1.54) is 0 Å². The molecule has 0 bridgehead atoms. The number of benzene rings is 1. The monoisotopic (exact) mass is 346 g/mol. The van der Waals surface area contributed by atoms with Crippen molar-refractivity contribution in [2.45, 2.75) is 36.5 Å². The first-order valence-corrected chi connectivity index (χ1v) is 9.10. The van der Waals surface area contributed by atoms with Crippen LogP contribution in [0.1, 0.15) is 34.7 Å². The second-order valence-electron chi connectivity index (χ2n) is 6.31. The number of aliphatic hydroxyl groups excluding tert-OH is 1. The fourth-order valence-electron chi connectivity index (χ4n) is 2.60. The molecule has 1 amide bonds. The van der Waals surface area contributed by atoms with Crippen molar-refractivity contribution in [2.75, 3.05) is 13.6 Å². The van der Waals surface area contributed by atoms with Crippen LogP contribution in [0.2, 0.25) is 0 Å². The number of carbonyl (C=O) groups excluding carboxylic acids is 1. The Bertz CT molecular complexity index is 712. The van der Waals surface area contributed by atoms with Gasteiger partial charge in [0.25, 0.3) is 5.91 Å². The molecule has 6 heteroatoms. The highest BCUT2D eigenvalue weighted by Gasteiger charge is 2.31. The highest BCUT2D eigenvalue weighted by Crippen LogP contribution is 2.33. The van der Waals surface area contributed by atoms with E-state index in [1.54, 1.807) is 23.7 Å². The van der Waals surface area contributed by atoms with Gasteiger partial charge in [-0.3, -0.25) is 4.79 Å². The van der Waals surface area contributed by atoms with Gasteiger partial charge in [0.05, 0.1) is 23.1 Å². The molecular formula is C18H22N2O3S. The Labute approximate surface area is 146 Å². The van der Waals surface area contributed by atoms with E-state index >= 15 is 0 Å². The highest BCUT2D eigenvalue weighted by atomic mass is 32.2. The Balaban J connectivity index is 1.66. The van der Waals surface area contributed by atoms with Crippen LogP contribution in [0.25, 0.3) is 0 Å². The normalized spacial score (nSPS) is 15.3. The van der Waals surface area contributed by atoms with Crippen LogP contribution >= 0.6 is 11.8 Å². The summed E-state index contributed by atoms with van der Waals surface area (Å²) in [5, 5.41) is 13.9. The van der Waals surface area contributed by atoms with Crippen LogP contribution in [0.5, 0.6) is 0 Å². The Kier molecular flexibility index (Phi) is 5.26. The summed E-state index contributed by atoms with van der Waals surface area (Å²) in [6.07, 6.45) is 1.70. The summed E-state index contributed by atoms with van der Waals surface area (Å²) >= 11 is 1.55. The molecule has 24 heavy (non-hydrogen) atoms. The van der Waals surface area contributed by atoms with E-state index in [0.717, 1.165) is 29.2 Å². The number of carbonyl (C=O) groups is 1. The zero-order valence-electron chi connectivity index (χ0n) is 13.9. The van der Waals surface area contributed by atoms with Crippen molar-refractivity contribution in [1.29, 1.82) is 0 Å². The van der Waals surface area contributed by atoms with Crippen molar-refractivity contribution >= 4 is 17.7 Å². The van der Waals surface area contributed by atoms with Gasteiger partial charge >= 0.3 is 0 Å². The fourth-order valence-corrected chi connectivity index (χ4v) is 3.52. The number of hydrogen-bond donors (Lipinski definition) is 1. The van der Waals surface area contributed by atoms with E-state index in [4.69, 9.17) is 4.52 Å². The predicted octanol–water partition coefficient (Wildman–Crippen LogP) is 3.12. The number of nitrogens with zero attached hydrogens (tertiary/aromatic N) is 2. The highest BCUT2D eigenvalue weighted by molar-refractivity contribution is 7.98. The third-order valence-corrected chi connectivity index (χ3v) is 5.23. The summed E-state index contributed by atoms with van der Waals surface area (Å²) in [5.41, 5.74) is 1.51. The average molecular weight is 346 g/mol. The van der Waals surface area contributed by atoms with Crippen molar-refractivity contribution in [3.05, 3.63) is 47.3 Å². The molecule has 0 radical (unpaired) electrons. The molecule has 1 N–H and O–H groups in total. The molecular weight excluding hydrogens is 324 g/mol. The van der Waals surface area contributed by atoms with E-state index < -0.39 is 6.10 Å². The van der Waals surface area contributed by atoms with E-state index in [9.17, 15) is 9.90 Å². The Morgan fingerprint density at radius 3 is 2.88 bits per heavy atom. The summed E-state index contributed by atoms with van der Waals surface area (Å²) < 4.78 is 5.22. The minimum atomic E-state index is -0.420. The SMILES string of the molecule is Cc1cc(CSc2ccccc2C(=O)N(C)CC(O)C2CC2)on1. The lowest BCUT2D eigenvalue weighted by atomic mass is 10.1. The molecule has 3 rings (SSSR count). The van der Waals surface area contributed by atoms with Crippen LogP contribution in [0, 0.1) is 12.8 Å². The van der Waals surface area contributed by atoms with Crippen molar-refractivity contribution in [3.8, 4) is 0 Å². The molecule has 0 spiro atoms. The van der Waals surface area contributed by atoms with Crippen molar-refractivity contribution < 1.29 is 14.4 Å². The molecule has 1 aliphatic carbocycles. The van der Waals surface area contributed by atoms with Crippen LogP contribution < -0.4 is 0 Å². The van der Waals surface area contributed by atoms with Crippen LogP contribution in [-0.2, 0) is 5.75 Å². The molecule has 128 valence electrons. The molecule has 1 aliphatic rings. The van der Waals surface area contributed by atoms with Gasteiger partial charge in [-0.15, -0.1) is 11.8 Å². The van der Waals surface area contributed by atoms with Gasteiger partial charge in [-0.2, -0.15) is 0 Å². The molecule has 2 aromatic rings. The largest absolute Gasteiger partial charge is 0.391 e. The molecule has 0 saturated heterocycles. The summed E-state index contributed by atoms with van der Waals surface area (Å²) in [6, 6.07) is 9.45. The second-order valence-corrected chi connectivity index (χ2v) is 7.33. The van der Waals surface area contributed by atoms with Crippen molar-refractivity contribution in [2.24, 2.45) is 5.92 Å². The predicted molar refractivity (Wildman–Crippen MR) is 92.9 cm³/mol. The average Bonchev–Trinajstić information content (AvgIpc) is 3.35. The number of aromatic nitrogens is 1. The number of hydrogen-bond acceptors (Lipinski definition) is 5. The second kappa shape index (κ2) is 7.40. The van der Waals surface area contributed by atoms with Gasteiger partial charge < -0.3 is 14.5 Å². The minimum Gasteiger partial charge on any atom is -0.391 e. The lowest BCUT2D eigenvalue weighted by Crippen LogP contribution is -2.35. The molecule has 1 saturated carbocycles. The number of amides is 1. The van der Waals surface area contributed by atoms with Gasteiger partial charge in [0.15, 0.2) is 0 Å². The van der Waals surface area contributed by atoms with Gasteiger partial charge in [0.2, 0.25) is 0 Å². The maximum Gasteiger partial charge on any atom is 0.254 e. The van der Waals surface area contributed by atoms with Crippen molar-refractivity contribution in [1.82, 2.24) is 10.1 Å². The zero-order chi connectivity index (χ0) is 17.1. The molecule has 1 fully saturated rings. The third kappa shape index (κ3) is 4.19. The molecule has 1 aromatic carbocycles. The van der Waals surface area contributed by atoms with Gasteiger partial charge in [-0.05, 0) is 37.8 Å². The maximum atomic E-state index is 12.7. The summed E-state index contributed by atoms with van der Waals surface area (Å²) in [6.45, 7) is 2.26. The minimum absolute atomic E-state index is 0.0634. The zero-order valence-corrected chi connectivity index (χ0v) is 14.8. The summed E-state index contributed by atoms with van der Waals surface area (Å²) in [4.78, 5) is 15.2. The van der Waals surface area contributed by atoms with E-state index in [-0.39, 0.29) is 5.91 Å². The van der Waals surface area contributed by atoms with E-state index in [2.05, 4.69) is 5.16 Å². The number of rotatable bonds is 7. The van der Waals surface area contributed by atoms with E-state index in [1.807, 2.05) is 37.3 Å². The maximum absolute atomic E-state index is 12.7. The quantitative estimate of drug-likeness (QED) is 0.780. The van der Waals surface area contributed by atoms with Crippen LogP contribution in [0.3, 0.4) is 0 Å². The Hall–Kier alpha value is -1.79. The van der Waals surface area contributed by atoms with Crippen LogP contribution in [-0.4, -0.2) is 40.8 Å². The van der Waals surface area contributed by atoms with Gasteiger partial charge in [0, 0.05) is 24.6 Å². The standard InChI is InChI=1S/C18H22N2O3S/c1-12-9-14(23-19-12)11-24-17-6-4-3-5-15(17)18(22)20(2)10-16(21)13-7-8-13/h3-6,9,13,16,21H,7-8,10-11H2,1-2H3. The molecule has 1 aromatic heterocycles. The first-order chi connectivity index (χ1) is 11.5. The Morgan fingerprint density at radius 1 is 1.46 bits per heavy atom. The number of aliphatic hydroxyl groups is 1. The molecule has 1 heterocycles. The molecule has 0 aliphatic heterocycles. The lowest BCUT2D eigenvalue weighted by Gasteiger charge is -2.21. The fraction of sp³-hybridized carbons (Fsp3) is 0.444. The number of thioether (sulfide) groups is 1. The van der Waals surface area contributed by atoms with Crippen LogP contribution in [0.15, 0.2) is 39.8 Å².